The molecule has 2 rings (SSSR count). The molecule has 2 aromatic rings. The van der Waals surface area contributed by atoms with E-state index in [1.807, 2.05) is 18.4 Å². The normalized spacial score (nSPS) is 10.8. The molecule has 0 unspecified atom stereocenters. The lowest BCUT2D eigenvalue weighted by molar-refractivity contribution is 0.426. The van der Waals surface area contributed by atoms with Gasteiger partial charge in [-0.1, -0.05) is 6.07 Å². The van der Waals surface area contributed by atoms with Crippen LogP contribution in [0.4, 0.5) is 5.69 Å². The number of hydrogen-bond donors (Lipinski definition) is 3. The Balaban J connectivity index is 2.82. The zero-order valence-electron chi connectivity index (χ0n) is 7.69. The van der Waals surface area contributed by atoms with Crippen LogP contribution in [-0.2, 0) is 0 Å². The second-order valence-corrected chi connectivity index (χ2v) is 4.15. The lowest BCUT2D eigenvalue weighted by atomic mass is 9.77. The summed E-state index contributed by atoms with van der Waals surface area (Å²) in [5.41, 5.74) is 7.68. The van der Waals surface area contributed by atoms with E-state index in [0.29, 0.717) is 11.2 Å². The first-order valence-corrected chi connectivity index (χ1v) is 5.11. The number of thiophene rings is 1. The first-order chi connectivity index (χ1) is 6.61. The lowest BCUT2D eigenvalue weighted by Gasteiger charge is -2.07. The summed E-state index contributed by atoms with van der Waals surface area (Å²) in [6.45, 7) is 1.93. The molecule has 3 nitrogen and oxygen atoms in total. The van der Waals surface area contributed by atoms with Crippen LogP contribution in [0.1, 0.15) is 5.56 Å². The molecule has 5 heteroatoms. The SMILES string of the molecule is Cc1cc(B(O)O)c(N)c2ccsc12. The topological polar surface area (TPSA) is 66.5 Å². The third kappa shape index (κ3) is 1.30. The second kappa shape index (κ2) is 3.27. The Hall–Kier alpha value is -1.04. The van der Waals surface area contributed by atoms with E-state index in [2.05, 4.69) is 0 Å². The average molecular weight is 207 g/mol. The van der Waals surface area contributed by atoms with E-state index < -0.39 is 7.12 Å². The van der Waals surface area contributed by atoms with Gasteiger partial charge >= 0.3 is 7.12 Å². The molecule has 0 saturated heterocycles. The molecule has 1 aromatic heterocycles. The molecule has 0 aliphatic carbocycles. The maximum atomic E-state index is 9.10. The van der Waals surface area contributed by atoms with Gasteiger partial charge in [-0.3, -0.25) is 0 Å². The highest BCUT2D eigenvalue weighted by Gasteiger charge is 2.18. The highest BCUT2D eigenvalue weighted by atomic mass is 32.1. The molecular weight excluding hydrogens is 197 g/mol. The fourth-order valence-corrected chi connectivity index (χ4v) is 2.46. The van der Waals surface area contributed by atoms with E-state index in [4.69, 9.17) is 15.8 Å². The van der Waals surface area contributed by atoms with Gasteiger partial charge in [0.15, 0.2) is 0 Å². The molecule has 0 radical (unpaired) electrons. The Morgan fingerprint density at radius 2 is 2.14 bits per heavy atom. The highest BCUT2D eigenvalue weighted by molar-refractivity contribution is 7.17. The maximum Gasteiger partial charge on any atom is 0.490 e. The molecule has 0 amide bonds. The van der Waals surface area contributed by atoms with E-state index in [1.54, 1.807) is 17.4 Å². The smallest absolute Gasteiger partial charge is 0.423 e. The van der Waals surface area contributed by atoms with Crippen LogP contribution in [0.2, 0.25) is 0 Å². The van der Waals surface area contributed by atoms with Crippen LogP contribution < -0.4 is 11.2 Å². The molecule has 0 atom stereocenters. The fourth-order valence-electron chi connectivity index (χ4n) is 1.57. The number of rotatable bonds is 1. The summed E-state index contributed by atoms with van der Waals surface area (Å²) in [6.07, 6.45) is 0. The summed E-state index contributed by atoms with van der Waals surface area (Å²) < 4.78 is 1.10. The Labute approximate surface area is 85.9 Å². The monoisotopic (exact) mass is 207 g/mol. The van der Waals surface area contributed by atoms with Gasteiger partial charge in [0.05, 0.1) is 0 Å². The van der Waals surface area contributed by atoms with Crippen molar-refractivity contribution >= 4 is 39.7 Å². The van der Waals surface area contributed by atoms with Crippen molar-refractivity contribution in [2.45, 2.75) is 6.92 Å². The summed E-state index contributed by atoms with van der Waals surface area (Å²) in [6, 6.07) is 3.62. The van der Waals surface area contributed by atoms with Gasteiger partial charge in [0, 0.05) is 21.2 Å². The molecule has 14 heavy (non-hydrogen) atoms. The molecule has 1 heterocycles. The van der Waals surface area contributed by atoms with E-state index in [-0.39, 0.29) is 0 Å². The van der Waals surface area contributed by atoms with Gasteiger partial charge in [-0.2, -0.15) is 0 Å². The summed E-state index contributed by atoms with van der Waals surface area (Å²) in [5, 5.41) is 21.1. The molecule has 0 aliphatic heterocycles. The van der Waals surface area contributed by atoms with E-state index in [9.17, 15) is 0 Å². The van der Waals surface area contributed by atoms with Crippen LogP contribution in [-0.4, -0.2) is 17.2 Å². The van der Waals surface area contributed by atoms with Crippen LogP contribution in [0, 0.1) is 6.92 Å². The van der Waals surface area contributed by atoms with Crippen molar-refractivity contribution in [3.05, 3.63) is 23.1 Å². The van der Waals surface area contributed by atoms with Crippen LogP contribution in [0.15, 0.2) is 17.5 Å². The number of anilines is 1. The Kier molecular flexibility index (Phi) is 2.22. The van der Waals surface area contributed by atoms with Crippen molar-refractivity contribution in [2.75, 3.05) is 5.73 Å². The zero-order chi connectivity index (χ0) is 10.3. The zero-order valence-corrected chi connectivity index (χ0v) is 8.51. The maximum absolute atomic E-state index is 9.10. The van der Waals surface area contributed by atoms with Gasteiger partial charge in [-0.05, 0) is 23.9 Å². The van der Waals surface area contributed by atoms with Crippen molar-refractivity contribution in [1.82, 2.24) is 0 Å². The number of fused-ring (bicyclic) bond motifs is 1. The van der Waals surface area contributed by atoms with Crippen LogP contribution in [0.25, 0.3) is 10.1 Å². The minimum atomic E-state index is -1.50. The van der Waals surface area contributed by atoms with E-state index in [0.717, 1.165) is 15.6 Å². The minimum Gasteiger partial charge on any atom is -0.423 e. The summed E-state index contributed by atoms with van der Waals surface area (Å²) in [4.78, 5) is 0. The van der Waals surface area contributed by atoms with Gasteiger partial charge in [-0.15, -0.1) is 11.3 Å². The molecule has 72 valence electrons. The van der Waals surface area contributed by atoms with Crippen molar-refractivity contribution < 1.29 is 10.0 Å². The predicted octanol–water partition coefficient (Wildman–Crippen LogP) is 0.472. The van der Waals surface area contributed by atoms with E-state index in [1.165, 1.54) is 0 Å². The molecule has 0 saturated carbocycles. The average Bonchev–Trinajstić information content (AvgIpc) is 2.59. The standard InChI is InChI=1S/C9H10BNO2S/c1-5-4-7(10(12)13)8(11)6-2-3-14-9(5)6/h2-4,12-13H,11H2,1H3. The van der Waals surface area contributed by atoms with Crippen molar-refractivity contribution in [3.63, 3.8) is 0 Å². The largest absolute Gasteiger partial charge is 0.490 e. The molecule has 0 bridgehead atoms. The van der Waals surface area contributed by atoms with Gasteiger partial charge in [0.1, 0.15) is 0 Å². The second-order valence-electron chi connectivity index (χ2n) is 3.23. The number of nitrogen functional groups attached to an aromatic ring is 1. The fraction of sp³-hybridized carbons (Fsp3) is 0.111. The molecule has 1 aromatic carbocycles. The number of nitrogens with two attached hydrogens (primary N) is 1. The summed E-state index contributed by atoms with van der Waals surface area (Å²) in [5.74, 6) is 0. The van der Waals surface area contributed by atoms with Crippen molar-refractivity contribution in [1.29, 1.82) is 0 Å². The van der Waals surface area contributed by atoms with Gasteiger partial charge in [-0.25, -0.2) is 0 Å². The quantitative estimate of drug-likeness (QED) is 0.470. The van der Waals surface area contributed by atoms with Crippen LogP contribution in [0.3, 0.4) is 0 Å². The van der Waals surface area contributed by atoms with Gasteiger partial charge in [0.2, 0.25) is 0 Å². The third-order valence-electron chi connectivity index (χ3n) is 2.27. The van der Waals surface area contributed by atoms with Crippen LogP contribution in [0.5, 0.6) is 0 Å². The molecule has 0 spiro atoms. The molecule has 4 N–H and O–H groups in total. The Morgan fingerprint density at radius 3 is 2.79 bits per heavy atom. The van der Waals surface area contributed by atoms with Gasteiger partial charge < -0.3 is 15.8 Å². The number of benzene rings is 1. The number of aryl methyl sites for hydroxylation is 1. The van der Waals surface area contributed by atoms with Crippen molar-refractivity contribution in [2.24, 2.45) is 0 Å². The number of hydrogen-bond acceptors (Lipinski definition) is 4. The first-order valence-electron chi connectivity index (χ1n) is 4.23. The van der Waals surface area contributed by atoms with Crippen LogP contribution >= 0.6 is 11.3 Å². The Bertz CT molecular complexity index is 481. The first kappa shape index (κ1) is 9.52. The highest BCUT2D eigenvalue weighted by Crippen LogP contribution is 2.27. The molecule has 0 aliphatic rings. The molecule has 0 fully saturated rings. The minimum absolute atomic E-state index is 0.383. The van der Waals surface area contributed by atoms with E-state index >= 15 is 0 Å². The Morgan fingerprint density at radius 1 is 1.43 bits per heavy atom. The molecular formula is C9H10BNO2S. The predicted molar refractivity (Wildman–Crippen MR) is 60.8 cm³/mol. The third-order valence-corrected chi connectivity index (χ3v) is 3.32. The summed E-state index contributed by atoms with van der Waals surface area (Å²) in [7, 11) is -1.50. The van der Waals surface area contributed by atoms with Gasteiger partial charge in [0.25, 0.3) is 0 Å². The van der Waals surface area contributed by atoms with Crippen molar-refractivity contribution in [3.8, 4) is 0 Å². The lowest BCUT2D eigenvalue weighted by Crippen LogP contribution is -2.32. The summed E-state index contributed by atoms with van der Waals surface area (Å²) >= 11 is 1.61.